The Morgan fingerprint density at radius 2 is 2.19 bits per heavy atom. The molecule has 0 saturated carbocycles. The lowest BCUT2D eigenvalue weighted by molar-refractivity contribution is 0.983. The first-order valence-corrected chi connectivity index (χ1v) is 7.11. The minimum absolute atomic E-state index is 0.435. The van der Waals surface area contributed by atoms with E-state index in [0.29, 0.717) is 18.5 Å². The van der Waals surface area contributed by atoms with Gasteiger partial charge >= 0.3 is 0 Å². The second kappa shape index (κ2) is 10.6. The number of nitriles is 2. The molecule has 3 nitrogen and oxygen atoms in total. The summed E-state index contributed by atoms with van der Waals surface area (Å²) in [6, 6.07) is 4.13. The number of thioether (sulfide) groups is 2. The first-order valence-electron chi connectivity index (χ1n) is 4.97. The van der Waals surface area contributed by atoms with Crippen molar-refractivity contribution in [3.8, 4) is 12.1 Å². The van der Waals surface area contributed by atoms with Gasteiger partial charge < -0.3 is 0 Å². The van der Waals surface area contributed by atoms with Crippen LogP contribution in [0.2, 0.25) is 0 Å². The summed E-state index contributed by atoms with van der Waals surface area (Å²) in [7, 11) is 0. The lowest BCUT2D eigenvalue weighted by Gasteiger charge is -2.03. The molecule has 0 aliphatic carbocycles. The van der Waals surface area contributed by atoms with Gasteiger partial charge in [-0.05, 0) is 19.1 Å². The molecular weight excluding hydrogens is 238 g/mol. The van der Waals surface area contributed by atoms with Gasteiger partial charge in [-0.3, -0.25) is 4.99 Å². The van der Waals surface area contributed by atoms with E-state index in [2.05, 4.69) is 17.6 Å². The molecule has 16 heavy (non-hydrogen) atoms. The van der Waals surface area contributed by atoms with Gasteiger partial charge in [0.05, 0.1) is 11.6 Å². The van der Waals surface area contributed by atoms with Crippen molar-refractivity contribution in [1.29, 1.82) is 10.5 Å². The number of unbranched alkanes of at least 4 members (excludes halogenated alkanes) is 1. The van der Waals surface area contributed by atoms with Crippen molar-refractivity contribution in [3.63, 3.8) is 0 Å². The zero-order valence-electron chi connectivity index (χ0n) is 9.40. The summed E-state index contributed by atoms with van der Waals surface area (Å²) >= 11 is 3.30. The number of nitrogens with zero attached hydrogens (tertiary/aromatic N) is 3. The SMILES string of the molecule is C=C(C#N)C(=NCC)SCSCCCC#N. The first-order chi connectivity index (χ1) is 7.76. The standard InChI is InChI=1S/C11H15N3S2/c1-3-14-11(10(2)8-13)16-9-15-7-5-4-6-12/h2-5,7,9H2,1H3. The Morgan fingerprint density at radius 1 is 1.44 bits per heavy atom. The maximum atomic E-state index is 8.72. The van der Waals surface area contributed by atoms with E-state index in [1.54, 1.807) is 23.5 Å². The van der Waals surface area contributed by atoms with Crippen molar-refractivity contribution in [2.45, 2.75) is 19.8 Å². The van der Waals surface area contributed by atoms with Crippen molar-refractivity contribution in [3.05, 3.63) is 12.2 Å². The minimum atomic E-state index is 0.435. The van der Waals surface area contributed by atoms with E-state index in [-0.39, 0.29) is 0 Å². The van der Waals surface area contributed by atoms with Gasteiger partial charge in [0.1, 0.15) is 11.1 Å². The summed E-state index contributed by atoms with van der Waals surface area (Å²) in [5.41, 5.74) is 0.435. The Balaban J connectivity index is 3.80. The van der Waals surface area contributed by atoms with E-state index in [1.165, 1.54) is 0 Å². The Morgan fingerprint density at radius 3 is 2.75 bits per heavy atom. The molecule has 0 saturated heterocycles. The molecule has 0 N–H and O–H groups in total. The van der Waals surface area contributed by atoms with E-state index >= 15 is 0 Å². The topological polar surface area (TPSA) is 59.9 Å². The third-order valence-electron chi connectivity index (χ3n) is 1.55. The van der Waals surface area contributed by atoms with Crippen LogP contribution in [0.1, 0.15) is 19.8 Å². The lowest BCUT2D eigenvalue weighted by Crippen LogP contribution is -1.96. The number of aliphatic imine (C=N–C) groups is 1. The van der Waals surface area contributed by atoms with Crippen LogP contribution in [0, 0.1) is 22.7 Å². The van der Waals surface area contributed by atoms with Crippen LogP contribution < -0.4 is 0 Å². The Bertz CT molecular complexity index is 323. The molecule has 0 aliphatic heterocycles. The molecule has 0 unspecified atom stereocenters. The van der Waals surface area contributed by atoms with Gasteiger partial charge in [0.2, 0.25) is 0 Å². The van der Waals surface area contributed by atoms with Crippen LogP contribution >= 0.6 is 23.5 Å². The van der Waals surface area contributed by atoms with E-state index in [0.717, 1.165) is 22.3 Å². The molecule has 5 heteroatoms. The Labute approximate surface area is 106 Å². The lowest BCUT2D eigenvalue weighted by atomic mass is 10.4. The number of rotatable bonds is 7. The van der Waals surface area contributed by atoms with Crippen LogP contribution in [-0.4, -0.2) is 22.4 Å². The molecule has 86 valence electrons. The Kier molecular flexibility index (Phi) is 10.00. The van der Waals surface area contributed by atoms with Gasteiger partial charge in [-0.15, -0.1) is 0 Å². The van der Waals surface area contributed by atoms with Crippen molar-refractivity contribution in [2.24, 2.45) is 4.99 Å². The fraction of sp³-hybridized carbons (Fsp3) is 0.545. The predicted octanol–water partition coefficient (Wildman–Crippen LogP) is 3.21. The summed E-state index contributed by atoms with van der Waals surface area (Å²) in [6.07, 6.45) is 1.53. The highest BCUT2D eigenvalue weighted by Gasteiger charge is 2.04. The third kappa shape index (κ3) is 7.39. The van der Waals surface area contributed by atoms with Crippen LogP contribution in [0.25, 0.3) is 0 Å². The van der Waals surface area contributed by atoms with Crippen LogP contribution in [0.15, 0.2) is 17.1 Å². The molecule has 0 spiro atoms. The number of hydrogen-bond donors (Lipinski definition) is 0. The molecular formula is C11H15N3S2. The van der Waals surface area contributed by atoms with Gasteiger partial charge in [-0.25, -0.2) is 0 Å². The van der Waals surface area contributed by atoms with Gasteiger partial charge in [-0.1, -0.05) is 18.3 Å². The van der Waals surface area contributed by atoms with Crippen molar-refractivity contribution < 1.29 is 0 Å². The molecule has 0 heterocycles. The molecule has 0 fully saturated rings. The van der Waals surface area contributed by atoms with Crippen LogP contribution in [0.5, 0.6) is 0 Å². The normalized spacial score (nSPS) is 10.6. The smallest absolute Gasteiger partial charge is 0.108 e. The van der Waals surface area contributed by atoms with Crippen LogP contribution in [0.3, 0.4) is 0 Å². The quantitative estimate of drug-likeness (QED) is 0.230. The fourth-order valence-corrected chi connectivity index (χ4v) is 2.87. The Hall–Kier alpha value is -0.910. The minimum Gasteiger partial charge on any atom is -0.277 e. The van der Waals surface area contributed by atoms with E-state index in [1.807, 2.05) is 13.0 Å². The highest BCUT2D eigenvalue weighted by Crippen LogP contribution is 2.18. The van der Waals surface area contributed by atoms with E-state index in [9.17, 15) is 0 Å². The van der Waals surface area contributed by atoms with Crippen molar-refractivity contribution in [1.82, 2.24) is 0 Å². The summed E-state index contributed by atoms with van der Waals surface area (Å²) in [4.78, 5) is 4.22. The van der Waals surface area contributed by atoms with Gasteiger partial charge in [0.15, 0.2) is 0 Å². The molecule has 0 radical (unpaired) electrons. The zero-order valence-corrected chi connectivity index (χ0v) is 11.0. The second-order valence-corrected chi connectivity index (χ2v) is 5.24. The first kappa shape index (κ1) is 15.1. The second-order valence-electron chi connectivity index (χ2n) is 2.80. The van der Waals surface area contributed by atoms with E-state index in [4.69, 9.17) is 10.5 Å². The molecule has 0 aromatic heterocycles. The fourth-order valence-electron chi connectivity index (χ4n) is 0.829. The van der Waals surface area contributed by atoms with Gasteiger partial charge in [0, 0.05) is 18.1 Å². The highest BCUT2D eigenvalue weighted by molar-refractivity contribution is 8.24. The zero-order chi connectivity index (χ0) is 12.2. The van der Waals surface area contributed by atoms with Crippen LogP contribution in [0.4, 0.5) is 0 Å². The predicted molar refractivity (Wildman–Crippen MR) is 72.5 cm³/mol. The molecule has 0 aromatic carbocycles. The summed E-state index contributed by atoms with van der Waals surface area (Å²) in [6.45, 7) is 6.26. The molecule has 0 aliphatic rings. The van der Waals surface area contributed by atoms with Crippen molar-refractivity contribution >= 4 is 28.6 Å². The molecule has 0 rings (SSSR count). The third-order valence-corrected chi connectivity index (χ3v) is 3.92. The average molecular weight is 253 g/mol. The highest BCUT2D eigenvalue weighted by atomic mass is 32.2. The van der Waals surface area contributed by atoms with E-state index < -0.39 is 0 Å². The van der Waals surface area contributed by atoms with Gasteiger partial charge in [0.25, 0.3) is 0 Å². The maximum absolute atomic E-state index is 8.72. The summed E-state index contributed by atoms with van der Waals surface area (Å²) in [5, 5.41) is 18.7. The molecule has 0 amide bonds. The van der Waals surface area contributed by atoms with Gasteiger partial charge in [-0.2, -0.15) is 22.3 Å². The van der Waals surface area contributed by atoms with Crippen molar-refractivity contribution in [2.75, 3.05) is 17.4 Å². The summed E-state index contributed by atoms with van der Waals surface area (Å²) in [5.74, 6) is 0.971. The largest absolute Gasteiger partial charge is 0.277 e. The summed E-state index contributed by atoms with van der Waals surface area (Å²) < 4.78 is 0. The molecule has 0 bridgehead atoms. The number of hydrogen-bond acceptors (Lipinski definition) is 5. The molecule has 0 atom stereocenters. The monoisotopic (exact) mass is 253 g/mol. The molecule has 0 aromatic rings. The maximum Gasteiger partial charge on any atom is 0.108 e. The van der Waals surface area contributed by atoms with Crippen LogP contribution in [-0.2, 0) is 0 Å². The average Bonchev–Trinajstić information content (AvgIpc) is 2.31.